The number of methoxy groups -OCH3 is 1. The van der Waals surface area contributed by atoms with Gasteiger partial charge in [-0.3, -0.25) is 9.69 Å². The Morgan fingerprint density at radius 1 is 1.50 bits per heavy atom. The van der Waals surface area contributed by atoms with E-state index in [0.717, 1.165) is 24.4 Å². The highest BCUT2D eigenvalue weighted by Gasteiger charge is 2.40. The maximum Gasteiger partial charge on any atom is 0.325 e. The monoisotopic (exact) mass is 250 g/mol. The van der Waals surface area contributed by atoms with Gasteiger partial charge in [-0.25, -0.2) is 0 Å². The summed E-state index contributed by atoms with van der Waals surface area (Å²) in [6.45, 7) is 1.83. The summed E-state index contributed by atoms with van der Waals surface area (Å²) in [6.07, 6.45) is 0.499. The average molecular weight is 250 g/mol. The summed E-state index contributed by atoms with van der Waals surface area (Å²) >= 11 is 0. The molecule has 1 atom stereocenters. The van der Waals surface area contributed by atoms with Crippen LogP contribution in [-0.4, -0.2) is 41.7 Å². The third-order valence-electron chi connectivity index (χ3n) is 3.37. The lowest BCUT2D eigenvalue weighted by atomic mass is 10.0. The molecule has 1 saturated heterocycles. The standard InChI is InChI=1S/C13H18N2O3/c1-18-11-4-2-10(3-5-11)8-15-7-6-13(14,9-15)12(16)17/h2-5H,6-9,14H2,1H3,(H,16,17). The molecule has 3 N–H and O–H groups in total. The number of hydrogen-bond donors (Lipinski definition) is 2. The predicted molar refractivity (Wildman–Crippen MR) is 67.4 cm³/mol. The van der Waals surface area contributed by atoms with Gasteiger partial charge in [0.1, 0.15) is 11.3 Å². The smallest absolute Gasteiger partial charge is 0.325 e. The second-order valence-corrected chi connectivity index (χ2v) is 4.77. The van der Waals surface area contributed by atoms with Crippen LogP contribution in [0.1, 0.15) is 12.0 Å². The number of carboxylic acid groups (broad SMARTS) is 1. The van der Waals surface area contributed by atoms with Crippen molar-refractivity contribution < 1.29 is 14.6 Å². The second-order valence-electron chi connectivity index (χ2n) is 4.77. The van der Waals surface area contributed by atoms with E-state index in [-0.39, 0.29) is 0 Å². The molecule has 1 aromatic carbocycles. The summed E-state index contributed by atoms with van der Waals surface area (Å²) in [5.41, 5.74) is 5.87. The predicted octanol–water partition coefficient (Wildman–Crippen LogP) is 0.683. The van der Waals surface area contributed by atoms with Crippen molar-refractivity contribution in [3.63, 3.8) is 0 Å². The van der Waals surface area contributed by atoms with Crippen LogP contribution in [-0.2, 0) is 11.3 Å². The molecule has 2 rings (SSSR count). The van der Waals surface area contributed by atoms with Crippen molar-refractivity contribution in [3.05, 3.63) is 29.8 Å². The quantitative estimate of drug-likeness (QED) is 0.822. The highest BCUT2D eigenvalue weighted by molar-refractivity contribution is 5.79. The van der Waals surface area contributed by atoms with Gasteiger partial charge in [0.05, 0.1) is 7.11 Å². The van der Waals surface area contributed by atoms with Gasteiger partial charge in [0.15, 0.2) is 0 Å². The number of nitrogens with zero attached hydrogens (tertiary/aromatic N) is 1. The van der Waals surface area contributed by atoms with Crippen LogP contribution in [0.2, 0.25) is 0 Å². The topological polar surface area (TPSA) is 75.8 Å². The van der Waals surface area contributed by atoms with Crippen molar-refractivity contribution in [2.75, 3.05) is 20.2 Å². The van der Waals surface area contributed by atoms with Crippen LogP contribution < -0.4 is 10.5 Å². The number of hydrogen-bond acceptors (Lipinski definition) is 4. The summed E-state index contributed by atoms with van der Waals surface area (Å²) < 4.78 is 5.09. The molecule has 1 unspecified atom stereocenters. The highest BCUT2D eigenvalue weighted by Crippen LogP contribution is 2.21. The Bertz CT molecular complexity index is 432. The molecule has 5 nitrogen and oxygen atoms in total. The number of carboxylic acids is 1. The number of carbonyl (C=O) groups is 1. The lowest BCUT2D eigenvalue weighted by Crippen LogP contribution is -2.50. The fraction of sp³-hybridized carbons (Fsp3) is 0.462. The third kappa shape index (κ3) is 2.63. The van der Waals surface area contributed by atoms with E-state index in [4.69, 9.17) is 15.6 Å². The van der Waals surface area contributed by atoms with Gasteiger partial charge in [-0.1, -0.05) is 12.1 Å². The van der Waals surface area contributed by atoms with E-state index >= 15 is 0 Å². The van der Waals surface area contributed by atoms with Crippen LogP contribution in [0, 0.1) is 0 Å². The Morgan fingerprint density at radius 3 is 2.67 bits per heavy atom. The molecule has 98 valence electrons. The number of benzene rings is 1. The number of nitrogens with two attached hydrogens (primary N) is 1. The molecule has 0 radical (unpaired) electrons. The van der Waals surface area contributed by atoms with Gasteiger partial charge in [-0.15, -0.1) is 0 Å². The highest BCUT2D eigenvalue weighted by atomic mass is 16.5. The molecule has 1 aliphatic heterocycles. The normalized spacial score (nSPS) is 24.1. The van der Waals surface area contributed by atoms with Gasteiger partial charge in [0, 0.05) is 19.6 Å². The summed E-state index contributed by atoms with van der Waals surface area (Å²) in [7, 11) is 1.63. The second kappa shape index (κ2) is 4.96. The van der Waals surface area contributed by atoms with E-state index in [9.17, 15) is 4.79 Å². The molecule has 1 aliphatic rings. The number of aliphatic carboxylic acids is 1. The molecule has 18 heavy (non-hydrogen) atoms. The van der Waals surface area contributed by atoms with Crippen molar-refractivity contribution >= 4 is 5.97 Å². The first-order valence-electron chi connectivity index (χ1n) is 5.91. The molecule has 1 heterocycles. The van der Waals surface area contributed by atoms with Gasteiger partial charge >= 0.3 is 5.97 Å². The van der Waals surface area contributed by atoms with E-state index in [1.807, 2.05) is 24.3 Å². The number of ether oxygens (including phenoxy) is 1. The molecule has 0 aromatic heterocycles. The van der Waals surface area contributed by atoms with Crippen molar-refractivity contribution in [3.8, 4) is 5.75 Å². The zero-order valence-electron chi connectivity index (χ0n) is 10.4. The minimum absolute atomic E-state index is 0.397. The first kappa shape index (κ1) is 12.9. The molecular formula is C13H18N2O3. The first-order valence-corrected chi connectivity index (χ1v) is 5.91. The van der Waals surface area contributed by atoms with Crippen LogP contribution in [0.15, 0.2) is 24.3 Å². The third-order valence-corrected chi connectivity index (χ3v) is 3.37. The largest absolute Gasteiger partial charge is 0.497 e. The van der Waals surface area contributed by atoms with Gasteiger partial charge in [-0.2, -0.15) is 0 Å². The van der Waals surface area contributed by atoms with Crippen LogP contribution >= 0.6 is 0 Å². The van der Waals surface area contributed by atoms with E-state index in [1.54, 1.807) is 7.11 Å². The SMILES string of the molecule is COc1ccc(CN2CCC(N)(C(=O)O)C2)cc1. The van der Waals surface area contributed by atoms with Crippen LogP contribution in [0.4, 0.5) is 0 Å². The van der Waals surface area contributed by atoms with Crippen LogP contribution in [0.3, 0.4) is 0 Å². The fourth-order valence-electron chi connectivity index (χ4n) is 2.21. The summed E-state index contributed by atoms with van der Waals surface area (Å²) in [5, 5.41) is 9.06. The molecule has 0 bridgehead atoms. The van der Waals surface area contributed by atoms with Crippen molar-refractivity contribution in [1.29, 1.82) is 0 Å². The average Bonchev–Trinajstić information content (AvgIpc) is 2.73. The minimum atomic E-state index is -1.09. The van der Waals surface area contributed by atoms with Crippen LogP contribution in [0.5, 0.6) is 5.75 Å². The number of rotatable bonds is 4. The van der Waals surface area contributed by atoms with E-state index in [2.05, 4.69) is 4.90 Å². The van der Waals surface area contributed by atoms with Gasteiger partial charge in [0.25, 0.3) is 0 Å². The van der Waals surface area contributed by atoms with Crippen LogP contribution in [0.25, 0.3) is 0 Å². The molecule has 5 heteroatoms. The van der Waals surface area contributed by atoms with E-state index < -0.39 is 11.5 Å². The number of likely N-dealkylation sites (tertiary alicyclic amines) is 1. The maximum atomic E-state index is 11.0. The van der Waals surface area contributed by atoms with Crippen molar-refractivity contribution in [2.45, 2.75) is 18.5 Å². The Morgan fingerprint density at radius 2 is 2.17 bits per heavy atom. The van der Waals surface area contributed by atoms with Gasteiger partial charge in [-0.05, 0) is 24.1 Å². The lowest BCUT2D eigenvalue weighted by molar-refractivity contribution is -0.142. The molecular weight excluding hydrogens is 232 g/mol. The zero-order chi connectivity index (χ0) is 13.2. The van der Waals surface area contributed by atoms with E-state index in [1.165, 1.54) is 0 Å². The van der Waals surface area contributed by atoms with Gasteiger partial charge in [0.2, 0.25) is 0 Å². The Balaban J connectivity index is 1.97. The van der Waals surface area contributed by atoms with Crippen molar-refractivity contribution in [1.82, 2.24) is 4.90 Å². The Labute approximate surface area is 106 Å². The minimum Gasteiger partial charge on any atom is -0.497 e. The summed E-state index contributed by atoms with van der Waals surface area (Å²) in [5.74, 6) is -0.0985. The Kier molecular flexibility index (Phi) is 3.54. The molecule has 1 fully saturated rings. The summed E-state index contributed by atoms with van der Waals surface area (Å²) in [4.78, 5) is 13.1. The molecule has 0 amide bonds. The molecule has 0 saturated carbocycles. The summed E-state index contributed by atoms with van der Waals surface area (Å²) in [6, 6.07) is 7.77. The lowest BCUT2D eigenvalue weighted by Gasteiger charge is -2.20. The molecule has 0 spiro atoms. The maximum absolute atomic E-state index is 11.0. The fourth-order valence-corrected chi connectivity index (χ4v) is 2.21. The zero-order valence-corrected chi connectivity index (χ0v) is 10.4. The Hall–Kier alpha value is -1.59. The van der Waals surface area contributed by atoms with Crippen molar-refractivity contribution in [2.24, 2.45) is 5.73 Å². The molecule has 0 aliphatic carbocycles. The van der Waals surface area contributed by atoms with E-state index in [0.29, 0.717) is 13.0 Å². The first-order chi connectivity index (χ1) is 8.53. The molecule has 1 aromatic rings. The van der Waals surface area contributed by atoms with Gasteiger partial charge < -0.3 is 15.6 Å².